The van der Waals surface area contributed by atoms with Crippen LogP contribution in [0.4, 0.5) is 0 Å². The highest BCUT2D eigenvalue weighted by Gasteiger charge is 2.29. The van der Waals surface area contributed by atoms with E-state index in [1.54, 1.807) is 13.8 Å². The van der Waals surface area contributed by atoms with Crippen LogP contribution in [0.5, 0.6) is 0 Å². The molecule has 4 heteroatoms. The van der Waals surface area contributed by atoms with E-state index in [1.165, 1.54) is 7.11 Å². The van der Waals surface area contributed by atoms with Crippen LogP contribution >= 0.6 is 0 Å². The number of nitrogens with one attached hydrogen (secondary N) is 1. The molecule has 1 amide bonds. The molecule has 0 radical (unpaired) electrons. The fourth-order valence-corrected chi connectivity index (χ4v) is 0.858. The molecule has 1 atom stereocenters. The van der Waals surface area contributed by atoms with E-state index >= 15 is 0 Å². The molecule has 0 bridgehead atoms. The quantitative estimate of drug-likeness (QED) is 0.686. The van der Waals surface area contributed by atoms with Crippen molar-refractivity contribution in [3.05, 3.63) is 0 Å². The van der Waals surface area contributed by atoms with Crippen LogP contribution in [0.15, 0.2) is 0 Å². The summed E-state index contributed by atoms with van der Waals surface area (Å²) in [6.07, 6.45) is 0. The van der Waals surface area contributed by atoms with Crippen molar-refractivity contribution in [2.75, 3.05) is 13.7 Å². The molecule has 0 aliphatic heterocycles. The monoisotopic (exact) mass is 203 g/mol. The van der Waals surface area contributed by atoms with Crippen molar-refractivity contribution in [2.24, 2.45) is 5.92 Å². The fourth-order valence-electron chi connectivity index (χ4n) is 0.858. The third-order valence-corrected chi connectivity index (χ3v) is 2.38. The second kappa shape index (κ2) is 5.32. The second-order valence-corrected chi connectivity index (χ2v) is 4.22. The maximum absolute atomic E-state index is 11.6. The SMILES string of the molecule is COC(C)(C)C(=O)NC(CO)C(C)C. The maximum Gasteiger partial charge on any atom is 0.251 e. The molecular formula is C10H21NO3. The van der Waals surface area contributed by atoms with E-state index in [4.69, 9.17) is 9.84 Å². The molecule has 1 unspecified atom stereocenters. The van der Waals surface area contributed by atoms with Crippen LogP contribution in [-0.4, -0.2) is 36.4 Å². The average molecular weight is 203 g/mol. The molecule has 0 aromatic carbocycles. The zero-order valence-corrected chi connectivity index (χ0v) is 9.63. The van der Waals surface area contributed by atoms with Crippen molar-refractivity contribution in [2.45, 2.75) is 39.3 Å². The minimum Gasteiger partial charge on any atom is -0.394 e. The normalized spacial score (nSPS) is 14.2. The third-order valence-electron chi connectivity index (χ3n) is 2.38. The van der Waals surface area contributed by atoms with Gasteiger partial charge in [0.15, 0.2) is 0 Å². The predicted octanol–water partition coefficient (Wildman–Crippen LogP) is 0.544. The number of hydrogen-bond donors (Lipinski definition) is 2. The highest BCUT2D eigenvalue weighted by Crippen LogP contribution is 2.09. The number of rotatable bonds is 5. The number of methoxy groups -OCH3 is 1. The topological polar surface area (TPSA) is 58.6 Å². The van der Waals surface area contributed by atoms with Gasteiger partial charge in [-0.25, -0.2) is 0 Å². The average Bonchev–Trinajstić information content (AvgIpc) is 2.12. The first kappa shape index (κ1) is 13.4. The Hall–Kier alpha value is -0.610. The van der Waals surface area contributed by atoms with Crippen LogP contribution in [0, 0.1) is 5.92 Å². The molecule has 0 heterocycles. The van der Waals surface area contributed by atoms with E-state index in [0.717, 1.165) is 0 Å². The maximum atomic E-state index is 11.6. The van der Waals surface area contributed by atoms with Gasteiger partial charge in [0.25, 0.3) is 5.91 Å². The molecule has 84 valence electrons. The Balaban J connectivity index is 4.30. The van der Waals surface area contributed by atoms with Gasteiger partial charge in [-0.15, -0.1) is 0 Å². The van der Waals surface area contributed by atoms with Gasteiger partial charge in [0, 0.05) is 7.11 Å². The van der Waals surface area contributed by atoms with E-state index in [-0.39, 0.29) is 24.5 Å². The van der Waals surface area contributed by atoms with Crippen molar-refractivity contribution in [1.29, 1.82) is 0 Å². The third kappa shape index (κ3) is 3.64. The van der Waals surface area contributed by atoms with Gasteiger partial charge < -0.3 is 15.2 Å². The number of carbonyl (C=O) groups excluding carboxylic acids is 1. The Labute approximate surface area is 85.6 Å². The number of amides is 1. The van der Waals surface area contributed by atoms with Gasteiger partial charge >= 0.3 is 0 Å². The minimum absolute atomic E-state index is 0.0524. The highest BCUT2D eigenvalue weighted by molar-refractivity contribution is 5.84. The molecule has 0 aliphatic rings. The lowest BCUT2D eigenvalue weighted by Crippen LogP contribution is -2.50. The Morgan fingerprint density at radius 2 is 2.00 bits per heavy atom. The van der Waals surface area contributed by atoms with Crippen LogP contribution in [0.2, 0.25) is 0 Å². The van der Waals surface area contributed by atoms with Gasteiger partial charge in [-0.2, -0.15) is 0 Å². The van der Waals surface area contributed by atoms with E-state index < -0.39 is 5.60 Å². The number of aliphatic hydroxyl groups is 1. The summed E-state index contributed by atoms with van der Waals surface area (Å²) in [4.78, 5) is 11.6. The van der Waals surface area contributed by atoms with Crippen LogP contribution < -0.4 is 5.32 Å². The summed E-state index contributed by atoms with van der Waals surface area (Å²) in [5, 5.41) is 11.8. The van der Waals surface area contributed by atoms with Gasteiger partial charge in [-0.1, -0.05) is 13.8 Å². The highest BCUT2D eigenvalue weighted by atomic mass is 16.5. The number of carbonyl (C=O) groups is 1. The standard InChI is InChI=1S/C10H21NO3/c1-7(2)8(6-12)11-9(13)10(3,4)14-5/h7-8,12H,6H2,1-5H3,(H,11,13). The van der Waals surface area contributed by atoms with Gasteiger partial charge in [0.1, 0.15) is 5.60 Å². The summed E-state index contributed by atoms with van der Waals surface area (Å²) in [7, 11) is 1.49. The van der Waals surface area contributed by atoms with Crippen molar-refractivity contribution in [1.82, 2.24) is 5.32 Å². The van der Waals surface area contributed by atoms with Gasteiger partial charge in [0.05, 0.1) is 12.6 Å². The number of hydrogen-bond acceptors (Lipinski definition) is 3. The molecule has 2 N–H and O–H groups in total. The first-order valence-electron chi connectivity index (χ1n) is 4.82. The molecule has 0 spiro atoms. The largest absolute Gasteiger partial charge is 0.394 e. The predicted molar refractivity (Wildman–Crippen MR) is 54.9 cm³/mol. The molecule has 0 saturated heterocycles. The second-order valence-electron chi connectivity index (χ2n) is 4.22. The van der Waals surface area contributed by atoms with Gasteiger partial charge in [-0.05, 0) is 19.8 Å². The van der Waals surface area contributed by atoms with E-state index in [0.29, 0.717) is 0 Å². The Morgan fingerprint density at radius 1 is 1.50 bits per heavy atom. The number of ether oxygens (including phenoxy) is 1. The smallest absolute Gasteiger partial charge is 0.251 e. The van der Waals surface area contributed by atoms with Gasteiger partial charge in [0.2, 0.25) is 0 Å². The summed E-state index contributed by atoms with van der Waals surface area (Å²) in [6.45, 7) is 7.22. The van der Waals surface area contributed by atoms with Crippen LogP contribution in [-0.2, 0) is 9.53 Å². The van der Waals surface area contributed by atoms with Crippen LogP contribution in [0.3, 0.4) is 0 Å². The van der Waals surface area contributed by atoms with E-state index in [1.807, 2.05) is 13.8 Å². The van der Waals surface area contributed by atoms with Crippen molar-refractivity contribution >= 4 is 5.91 Å². The fraction of sp³-hybridized carbons (Fsp3) is 0.900. The number of aliphatic hydroxyl groups excluding tert-OH is 1. The molecule has 4 nitrogen and oxygen atoms in total. The van der Waals surface area contributed by atoms with E-state index in [2.05, 4.69) is 5.32 Å². The minimum atomic E-state index is -0.845. The Bertz CT molecular complexity index is 190. The van der Waals surface area contributed by atoms with Crippen molar-refractivity contribution < 1.29 is 14.6 Å². The van der Waals surface area contributed by atoms with Crippen LogP contribution in [0.1, 0.15) is 27.7 Å². The van der Waals surface area contributed by atoms with Crippen molar-refractivity contribution in [3.8, 4) is 0 Å². The summed E-state index contributed by atoms with van der Waals surface area (Å²) >= 11 is 0. The lowest BCUT2D eigenvalue weighted by atomic mass is 10.0. The molecule has 0 aromatic heterocycles. The van der Waals surface area contributed by atoms with Crippen LogP contribution in [0.25, 0.3) is 0 Å². The zero-order chi connectivity index (χ0) is 11.4. The Morgan fingerprint density at radius 3 is 2.29 bits per heavy atom. The van der Waals surface area contributed by atoms with Crippen molar-refractivity contribution in [3.63, 3.8) is 0 Å². The molecule has 14 heavy (non-hydrogen) atoms. The Kier molecular flexibility index (Phi) is 5.08. The lowest BCUT2D eigenvalue weighted by molar-refractivity contribution is -0.141. The molecule has 0 saturated carbocycles. The molecule has 0 aromatic rings. The first-order valence-corrected chi connectivity index (χ1v) is 4.82. The molecule has 0 fully saturated rings. The summed E-state index contributed by atoms with van der Waals surface area (Å²) in [6, 6.07) is -0.211. The first-order chi connectivity index (χ1) is 6.35. The van der Waals surface area contributed by atoms with E-state index in [9.17, 15) is 4.79 Å². The molecule has 0 aliphatic carbocycles. The zero-order valence-electron chi connectivity index (χ0n) is 9.63. The summed E-state index contributed by atoms with van der Waals surface area (Å²) in [5.41, 5.74) is -0.845. The molecular weight excluding hydrogens is 182 g/mol. The van der Waals surface area contributed by atoms with Gasteiger partial charge in [-0.3, -0.25) is 4.79 Å². The summed E-state index contributed by atoms with van der Waals surface area (Å²) in [5.74, 6) is 0.00403. The lowest BCUT2D eigenvalue weighted by Gasteiger charge is -2.27. The molecule has 0 rings (SSSR count). The summed E-state index contributed by atoms with van der Waals surface area (Å²) < 4.78 is 5.03.